The first-order chi connectivity index (χ1) is 10.7. The third kappa shape index (κ3) is 5.45. The van der Waals surface area contributed by atoms with Crippen molar-refractivity contribution in [2.45, 2.75) is 24.2 Å². The highest BCUT2D eigenvalue weighted by molar-refractivity contribution is 7.99. The summed E-state index contributed by atoms with van der Waals surface area (Å²) in [7, 11) is 1.67. The molecule has 0 saturated carbocycles. The number of carboxylic acids is 1. The minimum atomic E-state index is -1.04. The van der Waals surface area contributed by atoms with E-state index in [0.717, 1.165) is 29.9 Å². The smallest absolute Gasteiger partial charge is 0.118 e. The van der Waals surface area contributed by atoms with E-state index in [1.165, 1.54) is 10.5 Å². The van der Waals surface area contributed by atoms with Crippen LogP contribution in [0.4, 0.5) is 0 Å². The molecule has 0 spiro atoms. The highest BCUT2D eigenvalue weighted by atomic mass is 32.2. The fourth-order valence-corrected chi connectivity index (χ4v) is 2.98. The molecular formula is C18H19O3S-. The van der Waals surface area contributed by atoms with Gasteiger partial charge in [0.2, 0.25) is 0 Å². The molecule has 4 heteroatoms. The molecule has 0 unspecified atom stereocenters. The van der Waals surface area contributed by atoms with Gasteiger partial charge in [0.15, 0.2) is 0 Å². The molecule has 0 saturated heterocycles. The van der Waals surface area contributed by atoms with E-state index in [-0.39, 0.29) is 6.42 Å². The van der Waals surface area contributed by atoms with Gasteiger partial charge < -0.3 is 14.6 Å². The number of carbonyl (C=O) groups is 1. The van der Waals surface area contributed by atoms with E-state index in [2.05, 4.69) is 12.1 Å². The summed E-state index contributed by atoms with van der Waals surface area (Å²) in [5.41, 5.74) is 2.02. The summed E-state index contributed by atoms with van der Waals surface area (Å²) in [6.45, 7) is 0. The molecule has 0 aliphatic rings. The topological polar surface area (TPSA) is 49.4 Å². The lowest BCUT2D eigenvalue weighted by Gasteiger charge is -2.06. The highest BCUT2D eigenvalue weighted by Crippen LogP contribution is 2.22. The van der Waals surface area contributed by atoms with Gasteiger partial charge in [0, 0.05) is 17.3 Å². The van der Waals surface area contributed by atoms with Crippen LogP contribution in [0.2, 0.25) is 0 Å². The van der Waals surface area contributed by atoms with Crippen LogP contribution in [0, 0.1) is 0 Å². The average molecular weight is 315 g/mol. The van der Waals surface area contributed by atoms with Gasteiger partial charge in [-0.2, -0.15) is 0 Å². The van der Waals surface area contributed by atoms with Crippen LogP contribution < -0.4 is 9.84 Å². The molecule has 0 fully saturated rings. The van der Waals surface area contributed by atoms with Crippen LogP contribution in [0.15, 0.2) is 53.4 Å². The monoisotopic (exact) mass is 315 g/mol. The molecule has 2 aromatic rings. The normalized spacial score (nSPS) is 10.4. The lowest BCUT2D eigenvalue weighted by atomic mass is 10.1. The van der Waals surface area contributed by atoms with E-state index < -0.39 is 5.97 Å². The zero-order valence-electron chi connectivity index (χ0n) is 12.6. The molecule has 0 aromatic heterocycles. The molecule has 0 N–H and O–H groups in total. The first kappa shape index (κ1) is 16.4. The lowest BCUT2D eigenvalue weighted by molar-refractivity contribution is -0.304. The number of carbonyl (C=O) groups excluding carboxylic acids is 1. The van der Waals surface area contributed by atoms with E-state index in [4.69, 9.17) is 4.74 Å². The lowest BCUT2D eigenvalue weighted by Crippen LogP contribution is -2.24. The quantitative estimate of drug-likeness (QED) is 0.555. The fourth-order valence-electron chi connectivity index (χ4n) is 2.13. The number of ether oxygens (including phenoxy) is 1. The van der Waals surface area contributed by atoms with E-state index in [1.54, 1.807) is 7.11 Å². The summed E-state index contributed by atoms with van der Waals surface area (Å²) >= 11 is 1.83. The predicted octanol–water partition coefficient (Wildman–Crippen LogP) is 2.71. The van der Waals surface area contributed by atoms with Gasteiger partial charge in [-0.3, -0.25) is 0 Å². The molecule has 2 aromatic carbocycles. The van der Waals surface area contributed by atoms with Gasteiger partial charge in [-0.05, 0) is 54.0 Å². The molecule has 0 heterocycles. The fraction of sp³-hybridized carbons (Fsp3) is 0.278. The second kappa shape index (κ2) is 8.49. The van der Waals surface area contributed by atoms with Crippen molar-refractivity contribution < 1.29 is 14.6 Å². The Hall–Kier alpha value is -1.94. The number of rotatable bonds is 8. The Balaban J connectivity index is 1.72. The predicted molar refractivity (Wildman–Crippen MR) is 87.2 cm³/mol. The zero-order chi connectivity index (χ0) is 15.8. The molecule has 0 aliphatic heterocycles. The average Bonchev–Trinajstić information content (AvgIpc) is 2.53. The summed E-state index contributed by atoms with van der Waals surface area (Å²) in [4.78, 5) is 11.8. The number of benzene rings is 2. The van der Waals surface area contributed by atoms with Crippen LogP contribution in [-0.2, 0) is 17.6 Å². The van der Waals surface area contributed by atoms with Gasteiger partial charge in [-0.25, -0.2) is 0 Å². The second-order valence-electron chi connectivity index (χ2n) is 4.99. The number of methoxy groups -OCH3 is 1. The van der Waals surface area contributed by atoms with Gasteiger partial charge in [0.25, 0.3) is 0 Å². The van der Waals surface area contributed by atoms with Gasteiger partial charge in [-0.15, -0.1) is 11.8 Å². The van der Waals surface area contributed by atoms with Crippen molar-refractivity contribution in [2.75, 3.05) is 12.9 Å². The van der Waals surface area contributed by atoms with E-state index in [9.17, 15) is 9.90 Å². The first-order valence-corrected chi connectivity index (χ1v) is 8.20. The third-order valence-electron chi connectivity index (χ3n) is 3.31. The molecule has 22 heavy (non-hydrogen) atoms. The number of hydrogen-bond acceptors (Lipinski definition) is 4. The van der Waals surface area contributed by atoms with Crippen LogP contribution in [0.1, 0.15) is 17.5 Å². The minimum absolute atomic E-state index is 0.0202. The van der Waals surface area contributed by atoms with Crippen molar-refractivity contribution in [3.8, 4) is 5.75 Å². The highest BCUT2D eigenvalue weighted by Gasteiger charge is 1.98. The van der Waals surface area contributed by atoms with Crippen LogP contribution >= 0.6 is 11.8 Å². The van der Waals surface area contributed by atoms with Crippen molar-refractivity contribution in [2.24, 2.45) is 0 Å². The molecule has 3 nitrogen and oxygen atoms in total. The zero-order valence-corrected chi connectivity index (χ0v) is 13.4. The maximum atomic E-state index is 10.5. The van der Waals surface area contributed by atoms with E-state index >= 15 is 0 Å². The Labute approximate surface area is 135 Å². The van der Waals surface area contributed by atoms with Gasteiger partial charge in [0.1, 0.15) is 5.75 Å². The Morgan fingerprint density at radius 2 is 1.68 bits per heavy atom. The van der Waals surface area contributed by atoms with Crippen molar-refractivity contribution in [3.63, 3.8) is 0 Å². The summed E-state index contributed by atoms with van der Waals surface area (Å²) in [6, 6.07) is 15.8. The SMILES string of the molecule is COc1ccc(SCCCc2ccc(CC(=O)[O-])cc2)cc1. The van der Waals surface area contributed by atoms with Gasteiger partial charge >= 0.3 is 0 Å². The van der Waals surface area contributed by atoms with E-state index in [0.29, 0.717) is 0 Å². The standard InChI is InChI=1S/C18H20O3S/c1-21-16-8-10-17(11-9-16)22-12-2-3-14-4-6-15(7-5-14)13-18(19)20/h4-11H,2-3,12-13H2,1H3,(H,19,20)/p-1. The molecule has 2 rings (SSSR count). The largest absolute Gasteiger partial charge is 0.550 e. The third-order valence-corrected chi connectivity index (χ3v) is 4.41. The Morgan fingerprint density at radius 1 is 1.05 bits per heavy atom. The number of aliphatic carboxylic acids is 1. The summed E-state index contributed by atoms with van der Waals surface area (Å²) in [6.07, 6.45) is 2.05. The Kier molecular flexibility index (Phi) is 6.34. The van der Waals surface area contributed by atoms with Crippen LogP contribution in [0.25, 0.3) is 0 Å². The molecule has 116 valence electrons. The maximum Gasteiger partial charge on any atom is 0.118 e. The van der Waals surface area contributed by atoms with Crippen molar-refractivity contribution in [1.29, 1.82) is 0 Å². The van der Waals surface area contributed by atoms with Crippen LogP contribution in [0.3, 0.4) is 0 Å². The Morgan fingerprint density at radius 3 is 2.27 bits per heavy atom. The van der Waals surface area contributed by atoms with Crippen molar-refractivity contribution in [1.82, 2.24) is 0 Å². The molecule has 0 bridgehead atoms. The molecular weight excluding hydrogens is 296 g/mol. The maximum absolute atomic E-state index is 10.5. The van der Waals surface area contributed by atoms with Crippen LogP contribution in [-0.4, -0.2) is 18.8 Å². The summed E-state index contributed by atoms with van der Waals surface area (Å²) in [5, 5.41) is 10.5. The molecule has 0 atom stereocenters. The van der Waals surface area contributed by atoms with Gasteiger partial charge in [0.05, 0.1) is 7.11 Å². The number of hydrogen-bond donors (Lipinski definition) is 0. The number of aryl methyl sites for hydroxylation is 1. The van der Waals surface area contributed by atoms with E-state index in [1.807, 2.05) is 48.2 Å². The Bertz CT molecular complexity index is 591. The van der Waals surface area contributed by atoms with Gasteiger partial charge in [-0.1, -0.05) is 24.3 Å². The number of carboxylic acid groups (broad SMARTS) is 1. The first-order valence-electron chi connectivity index (χ1n) is 7.22. The molecule has 0 radical (unpaired) electrons. The van der Waals surface area contributed by atoms with Crippen LogP contribution in [0.5, 0.6) is 5.75 Å². The number of thioether (sulfide) groups is 1. The summed E-state index contributed by atoms with van der Waals surface area (Å²) < 4.78 is 5.14. The second-order valence-corrected chi connectivity index (χ2v) is 6.16. The molecule has 0 aliphatic carbocycles. The van der Waals surface area contributed by atoms with Crippen molar-refractivity contribution in [3.05, 3.63) is 59.7 Å². The minimum Gasteiger partial charge on any atom is -0.550 e. The summed E-state index contributed by atoms with van der Waals surface area (Å²) in [5.74, 6) is 0.886. The molecule has 0 amide bonds. The van der Waals surface area contributed by atoms with Crippen molar-refractivity contribution >= 4 is 17.7 Å².